The standard InChI is InChI=1S/C13H29NO3/c1-4-15-9-10-17-12-11-16-8-6-5-7-14-13(2)3/h13-14H,4-12H2,1-3H3. The molecule has 0 amide bonds. The lowest BCUT2D eigenvalue weighted by Gasteiger charge is -2.08. The van der Waals surface area contributed by atoms with Crippen LogP contribution in [0.5, 0.6) is 0 Å². The van der Waals surface area contributed by atoms with Crippen LogP contribution in [0.25, 0.3) is 0 Å². The summed E-state index contributed by atoms with van der Waals surface area (Å²) in [6, 6.07) is 0.578. The largest absolute Gasteiger partial charge is 0.379 e. The Morgan fingerprint density at radius 2 is 1.41 bits per heavy atom. The van der Waals surface area contributed by atoms with Crippen molar-refractivity contribution in [2.45, 2.75) is 39.7 Å². The Bertz CT molecular complexity index is 143. The second kappa shape index (κ2) is 13.9. The Morgan fingerprint density at radius 3 is 2.00 bits per heavy atom. The molecule has 0 aliphatic heterocycles. The van der Waals surface area contributed by atoms with Crippen LogP contribution in [-0.4, -0.2) is 52.2 Å². The first kappa shape index (κ1) is 16.8. The summed E-state index contributed by atoms with van der Waals surface area (Å²) in [6.45, 7) is 11.7. The van der Waals surface area contributed by atoms with Gasteiger partial charge in [-0.2, -0.15) is 0 Å². The highest BCUT2D eigenvalue weighted by Crippen LogP contribution is 1.90. The van der Waals surface area contributed by atoms with E-state index < -0.39 is 0 Å². The van der Waals surface area contributed by atoms with Gasteiger partial charge in [0.05, 0.1) is 26.4 Å². The normalized spacial score (nSPS) is 11.3. The van der Waals surface area contributed by atoms with Crippen molar-refractivity contribution in [3.63, 3.8) is 0 Å². The van der Waals surface area contributed by atoms with Crippen LogP contribution in [0.3, 0.4) is 0 Å². The second-order valence-electron chi connectivity index (χ2n) is 4.24. The molecule has 0 saturated heterocycles. The minimum Gasteiger partial charge on any atom is -0.379 e. The van der Waals surface area contributed by atoms with Gasteiger partial charge in [-0.25, -0.2) is 0 Å². The first-order valence-electron chi connectivity index (χ1n) is 6.74. The number of nitrogens with one attached hydrogen (secondary N) is 1. The third-order valence-electron chi connectivity index (χ3n) is 2.22. The number of unbranched alkanes of at least 4 members (excludes halogenated alkanes) is 1. The number of hydrogen-bond acceptors (Lipinski definition) is 4. The van der Waals surface area contributed by atoms with Gasteiger partial charge in [0.2, 0.25) is 0 Å². The minimum absolute atomic E-state index is 0.578. The van der Waals surface area contributed by atoms with Crippen LogP contribution in [0.2, 0.25) is 0 Å². The molecule has 0 unspecified atom stereocenters. The molecule has 104 valence electrons. The molecule has 0 rings (SSSR count). The molecule has 0 fully saturated rings. The predicted octanol–water partition coefficient (Wildman–Crippen LogP) is 1.83. The first-order valence-corrected chi connectivity index (χ1v) is 6.74. The van der Waals surface area contributed by atoms with Crippen molar-refractivity contribution in [1.82, 2.24) is 5.32 Å². The summed E-state index contributed by atoms with van der Waals surface area (Å²) in [5.41, 5.74) is 0. The SMILES string of the molecule is CCOCCOCCOCCCCNC(C)C. The van der Waals surface area contributed by atoms with Gasteiger partial charge < -0.3 is 19.5 Å². The van der Waals surface area contributed by atoms with Crippen LogP contribution < -0.4 is 5.32 Å². The van der Waals surface area contributed by atoms with Crippen molar-refractivity contribution in [3.8, 4) is 0 Å². The van der Waals surface area contributed by atoms with Crippen LogP contribution in [-0.2, 0) is 14.2 Å². The van der Waals surface area contributed by atoms with E-state index in [-0.39, 0.29) is 0 Å². The van der Waals surface area contributed by atoms with Crippen molar-refractivity contribution in [2.24, 2.45) is 0 Å². The van der Waals surface area contributed by atoms with E-state index in [0.717, 1.165) is 26.2 Å². The predicted molar refractivity (Wildman–Crippen MR) is 70.5 cm³/mol. The van der Waals surface area contributed by atoms with Crippen molar-refractivity contribution in [3.05, 3.63) is 0 Å². The zero-order valence-electron chi connectivity index (χ0n) is 11.7. The van der Waals surface area contributed by atoms with Crippen LogP contribution in [0.15, 0.2) is 0 Å². The van der Waals surface area contributed by atoms with E-state index >= 15 is 0 Å². The van der Waals surface area contributed by atoms with Crippen LogP contribution >= 0.6 is 0 Å². The van der Waals surface area contributed by atoms with Gasteiger partial charge in [0.25, 0.3) is 0 Å². The third kappa shape index (κ3) is 15.8. The second-order valence-corrected chi connectivity index (χ2v) is 4.24. The van der Waals surface area contributed by atoms with Gasteiger partial charge in [-0.15, -0.1) is 0 Å². The molecule has 0 aliphatic carbocycles. The van der Waals surface area contributed by atoms with Crippen LogP contribution in [0, 0.1) is 0 Å². The highest BCUT2D eigenvalue weighted by Gasteiger charge is 1.93. The Kier molecular flexibility index (Phi) is 13.8. The maximum atomic E-state index is 5.45. The summed E-state index contributed by atoms with van der Waals surface area (Å²) in [7, 11) is 0. The van der Waals surface area contributed by atoms with Crippen molar-refractivity contribution < 1.29 is 14.2 Å². The average Bonchev–Trinajstić information content (AvgIpc) is 2.30. The molecule has 0 spiro atoms. The average molecular weight is 247 g/mol. The minimum atomic E-state index is 0.578. The molecule has 0 saturated carbocycles. The highest BCUT2D eigenvalue weighted by molar-refractivity contribution is 4.52. The molecule has 0 aromatic rings. The Hall–Kier alpha value is -0.160. The van der Waals surface area contributed by atoms with E-state index in [0.29, 0.717) is 32.5 Å². The van der Waals surface area contributed by atoms with E-state index in [1.165, 1.54) is 6.42 Å². The summed E-state index contributed by atoms with van der Waals surface area (Å²) >= 11 is 0. The lowest BCUT2D eigenvalue weighted by molar-refractivity contribution is 0.0163. The molecule has 0 radical (unpaired) electrons. The van der Waals surface area contributed by atoms with Gasteiger partial charge >= 0.3 is 0 Å². The Morgan fingerprint density at radius 1 is 0.824 bits per heavy atom. The number of rotatable bonds is 13. The van der Waals surface area contributed by atoms with E-state index in [1.54, 1.807) is 0 Å². The first-order chi connectivity index (χ1) is 8.27. The van der Waals surface area contributed by atoms with Crippen molar-refractivity contribution in [1.29, 1.82) is 0 Å². The molecule has 0 heterocycles. The van der Waals surface area contributed by atoms with E-state index in [2.05, 4.69) is 19.2 Å². The quantitative estimate of drug-likeness (QED) is 0.504. The summed E-state index contributed by atoms with van der Waals surface area (Å²) in [5.74, 6) is 0. The third-order valence-corrected chi connectivity index (χ3v) is 2.22. The van der Waals surface area contributed by atoms with Gasteiger partial charge in [0.1, 0.15) is 0 Å². The monoisotopic (exact) mass is 247 g/mol. The lowest BCUT2D eigenvalue weighted by atomic mass is 10.3. The topological polar surface area (TPSA) is 39.7 Å². The molecule has 0 atom stereocenters. The molecular formula is C13H29NO3. The number of ether oxygens (including phenoxy) is 3. The fourth-order valence-corrected chi connectivity index (χ4v) is 1.30. The van der Waals surface area contributed by atoms with Crippen molar-refractivity contribution >= 4 is 0 Å². The van der Waals surface area contributed by atoms with Gasteiger partial charge in [-0.1, -0.05) is 13.8 Å². The molecule has 0 bridgehead atoms. The molecule has 17 heavy (non-hydrogen) atoms. The lowest BCUT2D eigenvalue weighted by Crippen LogP contribution is -2.23. The number of hydrogen-bond donors (Lipinski definition) is 1. The molecule has 4 nitrogen and oxygen atoms in total. The van der Waals surface area contributed by atoms with Crippen LogP contribution in [0.1, 0.15) is 33.6 Å². The summed E-state index contributed by atoms with van der Waals surface area (Å²) < 4.78 is 15.9. The maximum Gasteiger partial charge on any atom is 0.0701 e. The van der Waals surface area contributed by atoms with E-state index in [1.807, 2.05) is 6.92 Å². The maximum absolute atomic E-state index is 5.45. The van der Waals surface area contributed by atoms with E-state index in [9.17, 15) is 0 Å². The molecule has 0 aliphatic rings. The molecule has 4 heteroatoms. The van der Waals surface area contributed by atoms with Gasteiger partial charge in [-0.3, -0.25) is 0 Å². The van der Waals surface area contributed by atoms with Crippen molar-refractivity contribution in [2.75, 3.05) is 46.2 Å². The van der Waals surface area contributed by atoms with Crippen LogP contribution in [0.4, 0.5) is 0 Å². The molecule has 0 aromatic heterocycles. The fraction of sp³-hybridized carbons (Fsp3) is 1.00. The summed E-state index contributed by atoms with van der Waals surface area (Å²) in [6.07, 6.45) is 2.28. The smallest absolute Gasteiger partial charge is 0.0701 e. The fourth-order valence-electron chi connectivity index (χ4n) is 1.30. The molecule has 1 N–H and O–H groups in total. The molecular weight excluding hydrogens is 218 g/mol. The Balaban J connectivity index is 2.89. The zero-order chi connectivity index (χ0) is 12.8. The van der Waals surface area contributed by atoms with E-state index in [4.69, 9.17) is 14.2 Å². The summed E-state index contributed by atoms with van der Waals surface area (Å²) in [5, 5.41) is 3.38. The zero-order valence-corrected chi connectivity index (χ0v) is 11.7. The van der Waals surface area contributed by atoms with Gasteiger partial charge in [0, 0.05) is 19.3 Å². The molecule has 0 aromatic carbocycles. The van der Waals surface area contributed by atoms with Gasteiger partial charge in [-0.05, 0) is 26.3 Å². The Labute approximate surface area is 106 Å². The summed E-state index contributed by atoms with van der Waals surface area (Å²) in [4.78, 5) is 0. The highest BCUT2D eigenvalue weighted by atomic mass is 16.5. The van der Waals surface area contributed by atoms with Gasteiger partial charge in [0.15, 0.2) is 0 Å².